The maximum atomic E-state index is 12.2. The van der Waals surface area contributed by atoms with Gasteiger partial charge in [0.25, 0.3) is 0 Å². The minimum atomic E-state index is 0.146. The molecule has 0 saturated carbocycles. The third kappa shape index (κ3) is 3.97. The summed E-state index contributed by atoms with van der Waals surface area (Å²) in [5.74, 6) is 1.57. The third-order valence-corrected chi connectivity index (χ3v) is 4.30. The third-order valence-electron chi connectivity index (χ3n) is 4.01. The Labute approximate surface area is 125 Å². The Morgan fingerprint density at radius 2 is 2.10 bits per heavy atom. The van der Waals surface area contributed by atoms with Gasteiger partial charge in [0.2, 0.25) is 0 Å². The zero-order valence-corrected chi connectivity index (χ0v) is 12.9. The predicted molar refractivity (Wildman–Crippen MR) is 81.8 cm³/mol. The maximum absolute atomic E-state index is 12.2. The van der Waals surface area contributed by atoms with E-state index in [0.29, 0.717) is 22.8 Å². The molecule has 1 fully saturated rings. The number of ether oxygens (including phenoxy) is 1. The average Bonchev–Trinajstić information content (AvgIpc) is 2.46. The van der Waals surface area contributed by atoms with E-state index in [4.69, 9.17) is 16.3 Å². The van der Waals surface area contributed by atoms with Gasteiger partial charge in [0.15, 0.2) is 5.78 Å². The van der Waals surface area contributed by atoms with Gasteiger partial charge in [-0.2, -0.15) is 0 Å². The second-order valence-electron chi connectivity index (χ2n) is 5.55. The van der Waals surface area contributed by atoms with E-state index in [9.17, 15) is 4.79 Å². The second-order valence-corrected chi connectivity index (χ2v) is 5.95. The minimum Gasteiger partial charge on any atom is -0.495 e. The van der Waals surface area contributed by atoms with Crippen molar-refractivity contribution in [2.45, 2.75) is 26.2 Å². The molecule has 110 valence electrons. The summed E-state index contributed by atoms with van der Waals surface area (Å²) in [6, 6.07) is 5.23. The van der Waals surface area contributed by atoms with Gasteiger partial charge in [-0.25, -0.2) is 0 Å². The number of hydrogen-bond donors (Lipinski definition) is 0. The lowest BCUT2D eigenvalue weighted by Gasteiger charge is -2.29. The van der Waals surface area contributed by atoms with Crippen molar-refractivity contribution >= 4 is 17.4 Å². The van der Waals surface area contributed by atoms with E-state index >= 15 is 0 Å². The number of methoxy groups -OCH3 is 1. The van der Waals surface area contributed by atoms with E-state index < -0.39 is 0 Å². The fraction of sp³-hybridized carbons (Fsp3) is 0.562. The number of carbonyl (C=O) groups is 1. The van der Waals surface area contributed by atoms with Crippen LogP contribution in [0.3, 0.4) is 0 Å². The molecule has 1 saturated heterocycles. The first-order valence-electron chi connectivity index (χ1n) is 7.19. The zero-order chi connectivity index (χ0) is 14.5. The summed E-state index contributed by atoms with van der Waals surface area (Å²) in [4.78, 5) is 14.6. The van der Waals surface area contributed by atoms with Crippen LogP contribution >= 0.6 is 11.6 Å². The number of halogens is 1. The molecule has 0 radical (unpaired) electrons. The lowest BCUT2D eigenvalue weighted by atomic mass is 9.99. The Balaban J connectivity index is 1.87. The van der Waals surface area contributed by atoms with E-state index in [0.717, 1.165) is 25.6 Å². The van der Waals surface area contributed by atoms with E-state index in [2.05, 4.69) is 11.8 Å². The lowest BCUT2D eigenvalue weighted by Crippen LogP contribution is -2.34. The molecular formula is C16H22ClNO2. The van der Waals surface area contributed by atoms with Crippen LogP contribution in [0.5, 0.6) is 5.75 Å². The number of piperidine rings is 1. The predicted octanol–water partition coefficient (Wildman–Crippen LogP) is 3.65. The topological polar surface area (TPSA) is 29.5 Å². The quantitative estimate of drug-likeness (QED) is 0.777. The van der Waals surface area contributed by atoms with Crippen molar-refractivity contribution < 1.29 is 9.53 Å². The molecule has 0 amide bonds. The Kier molecular flexibility index (Phi) is 5.44. The Morgan fingerprint density at radius 1 is 1.40 bits per heavy atom. The van der Waals surface area contributed by atoms with Crippen LogP contribution in [0.2, 0.25) is 5.02 Å². The number of ketones is 1. The highest BCUT2D eigenvalue weighted by Crippen LogP contribution is 2.25. The molecule has 0 unspecified atom stereocenters. The average molecular weight is 296 g/mol. The van der Waals surface area contributed by atoms with Gasteiger partial charge in [-0.05, 0) is 50.0 Å². The van der Waals surface area contributed by atoms with Crippen molar-refractivity contribution in [2.24, 2.45) is 5.92 Å². The fourth-order valence-electron chi connectivity index (χ4n) is 2.53. The molecule has 1 aromatic carbocycles. The van der Waals surface area contributed by atoms with Gasteiger partial charge in [0.05, 0.1) is 12.1 Å². The van der Waals surface area contributed by atoms with Crippen molar-refractivity contribution in [3.8, 4) is 5.75 Å². The highest BCUT2D eigenvalue weighted by Gasteiger charge is 2.17. The van der Waals surface area contributed by atoms with Crippen LogP contribution in [0.15, 0.2) is 18.2 Å². The molecule has 0 atom stereocenters. The number of carbonyl (C=O) groups excluding carboxylic acids is 1. The van der Waals surface area contributed by atoms with E-state index in [1.807, 2.05) is 0 Å². The van der Waals surface area contributed by atoms with Gasteiger partial charge in [-0.3, -0.25) is 4.79 Å². The molecule has 1 heterocycles. The van der Waals surface area contributed by atoms with Crippen molar-refractivity contribution in [1.29, 1.82) is 0 Å². The zero-order valence-electron chi connectivity index (χ0n) is 12.2. The van der Waals surface area contributed by atoms with Crippen molar-refractivity contribution in [3.05, 3.63) is 28.8 Å². The molecular weight excluding hydrogens is 274 g/mol. The fourth-order valence-corrected chi connectivity index (χ4v) is 2.79. The number of Topliss-reactive ketones (excluding diaryl/α,β-unsaturated/α-hetero) is 1. The standard InChI is InChI=1S/C16H22ClNO2/c1-12-5-8-18(9-6-12)10-7-15(19)13-3-4-16(20-2)14(17)11-13/h3-4,11-12H,5-10H2,1-2H3. The van der Waals surface area contributed by atoms with Crippen molar-refractivity contribution in [1.82, 2.24) is 4.90 Å². The summed E-state index contributed by atoms with van der Waals surface area (Å²) >= 11 is 6.05. The molecule has 20 heavy (non-hydrogen) atoms. The van der Waals surface area contributed by atoms with Gasteiger partial charge in [-0.1, -0.05) is 18.5 Å². The number of rotatable bonds is 5. The normalized spacial score (nSPS) is 17.1. The van der Waals surface area contributed by atoms with Gasteiger partial charge < -0.3 is 9.64 Å². The van der Waals surface area contributed by atoms with Crippen molar-refractivity contribution in [3.63, 3.8) is 0 Å². The van der Waals surface area contributed by atoms with Crippen LogP contribution in [0, 0.1) is 5.92 Å². The lowest BCUT2D eigenvalue weighted by molar-refractivity contribution is 0.0953. The van der Waals surface area contributed by atoms with Crippen LogP contribution in [0.4, 0.5) is 0 Å². The number of benzene rings is 1. The smallest absolute Gasteiger partial charge is 0.164 e. The molecule has 1 aliphatic rings. The Morgan fingerprint density at radius 3 is 2.70 bits per heavy atom. The minimum absolute atomic E-state index is 0.146. The van der Waals surface area contributed by atoms with Crippen LogP contribution in [-0.2, 0) is 0 Å². The van der Waals surface area contributed by atoms with E-state index in [1.54, 1.807) is 25.3 Å². The first-order chi connectivity index (χ1) is 9.60. The van der Waals surface area contributed by atoms with Gasteiger partial charge in [0.1, 0.15) is 5.75 Å². The maximum Gasteiger partial charge on any atom is 0.164 e. The Hall–Kier alpha value is -1.06. The van der Waals surface area contributed by atoms with Crippen LogP contribution in [0.1, 0.15) is 36.5 Å². The largest absolute Gasteiger partial charge is 0.495 e. The number of nitrogens with zero attached hydrogens (tertiary/aromatic N) is 1. The molecule has 4 heteroatoms. The van der Waals surface area contributed by atoms with Gasteiger partial charge >= 0.3 is 0 Å². The van der Waals surface area contributed by atoms with Crippen molar-refractivity contribution in [2.75, 3.05) is 26.7 Å². The summed E-state index contributed by atoms with van der Waals surface area (Å²) in [6.45, 7) is 5.35. The number of likely N-dealkylation sites (tertiary alicyclic amines) is 1. The van der Waals surface area contributed by atoms with Crippen LogP contribution < -0.4 is 4.74 Å². The van der Waals surface area contributed by atoms with Gasteiger partial charge in [-0.15, -0.1) is 0 Å². The molecule has 0 N–H and O–H groups in total. The summed E-state index contributed by atoms with van der Waals surface area (Å²) in [7, 11) is 1.57. The first kappa shape index (κ1) is 15.3. The summed E-state index contributed by atoms with van der Waals surface area (Å²) < 4.78 is 5.09. The SMILES string of the molecule is COc1ccc(C(=O)CCN2CCC(C)CC2)cc1Cl. The highest BCUT2D eigenvalue weighted by molar-refractivity contribution is 6.32. The molecule has 0 aliphatic carbocycles. The molecule has 0 bridgehead atoms. The molecule has 0 spiro atoms. The summed E-state index contributed by atoms with van der Waals surface area (Å²) in [6.07, 6.45) is 3.03. The molecule has 3 nitrogen and oxygen atoms in total. The van der Waals surface area contributed by atoms with Gasteiger partial charge in [0, 0.05) is 18.5 Å². The molecule has 0 aromatic heterocycles. The number of hydrogen-bond acceptors (Lipinski definition) is 3. The van der Waals surface area contributed by atoms with E-state index in [-0.39, 0.29) is 5.78 Å². The first-order valence-corrected chi connectivity index (χ1v) is 7.57. The molecule has 1 aromatic rings. The monoisotopic (exact) mass is 295 g/mol. The highest BCUT2D eigenvalue weighted by atomic mass is 35.5. The second kappa shape index (κ2) is 7.09. The van der Waals surface area contributed by atoms with Crippen LogP contribution in [-0.4, -0.2) is 37.4 Å². The molecule has 1 aliphatic heterocycles. The van der Waals surface area contributed by atoms with Crippen LogP contribution in [0.25, 0.3) is 0 Å². The summed E-state index contributed by atoms with van der Waals surface area (Å²) in [5.41, 5.74) is 0.668. The summed E-state index contributed by atoms with van der Waals surface area (Å²) in [5, 5.41) is 0.491. The van der Waals surface area contributed by atoms with E-state index in [1.165, 1.54) is 12.8 Å². The Bertz CT molecular complexity index is 468. The molecule has 2 rings (SSSR count).